The van der Waals surface area contributed by atoms with Gasteiger partial charge in [-0.2, -0.15) is 11.8 Å². The number of carbonyl (C=O) groups is 1. The first kappa shape index (κ1) is 18.4. The van der Waals surface area contributed by atoms with E-state index >= 15 is 0 Å². The highest BCUT2D eigenvalue weighted by atomic mass is 32.2. The molecule has 23 heavy (non-hydrogen) atoms. The van der Waals surface area contributed by atoms with Crippen LogP contribution in [-0.4, -0.2) is 49.6 Å². The topological polar surface area (TPSA) is 65.5 Å². The fraction of sp³-hybridized carbons (Fsp3) is 0.882. The highest BCUT2D eigenvalue weighted by Crippen LogP contribution is 2.28. The molecule has 0 radical (unpaired) electrons. The first-order valence-corrected chi connectivity index (χ1v) is 10.3. The summed E-state index contributed by atoms with van der Waals surface area (Å²) in [6.07, 6.45) is 11.6. The molecule has 2 saturated carbocycles. The van der Waals surface area contributed by atoms with Crippen LogP contribution in [0.1, 0.15) is 51.4 Å². The van der Waals surface area contributed by atoms with E-state index < -0.39 is 0 Å². The number of nitrogens with zero attached hydrogens (tertiary/aromatic N) is 1. The van der Waals surface area contributed by atoms with Crippen LogP contribution in [0.15, 0.2) is 4.99 Å². The molecule has 2 unspecified atom stereocenters. The van der Waals surface area contributed by atoms with E-state index in [9.17, 15) is 4.79 Å². The van der Waals surface area contributed by atoms with E-state index in [-0.39, 0.29) is 5.91 Å². The summed E-state index contributed by atoms with van der Waals surface area (Å²) in [5, 5.41) is 10.6. The molecule has 1 amide bonds. The zero-order valence-electron chi connectivity index (χ0n) is 14.6. The molecule has 0 heterocycles. The Labute approximate surface area is 144 Å². The van der Waals surface area contributed by atoms with Gasteiger partial charge in [0.1, 0.15) is 0 Å². The monoisotopic (exact) mass is 340 g/mol. The molecule has 0 aromatic carbocycles. The van der Waals surface area contributed by atoms with Gasteiger partial charge in [0.25, 0.3) is 0 Å². The largest absolute Gasteiger partial charge is 0.355 e. The van der Waals surface area contributed by atoms with E-state index in [2.05, 4.69) is 27.2 Å². The summed E-state index contributed by atoms with van der Waals surface area (Å²) in [5.74, 6) is 1.66. The fourth-order valence-corrected chi connectivity index (χ4v) is 4.40. The number of carbonyl (C=O) groups excluding carboxylic acids is 1. The van der Waals surface area contributed by atoms with Gasteiger partial charge in [0.05, 0.1) is 0 Å². The third kappa shape index (κ3) is 6.61. The molecular formula is C17H32N4OS. The lowest BCUT2D eigenvalue weighted by atomic mass is 10.0. The summed E-state index contributed by atoms with van der Waals surface area (Å²) in [6.45, 7) is 1.37. The van der Waals surface area contributed by atoms with Crippen LogP contribution in [0, 0.1) is 5.92 Å². The fourth-order valence-electron chi connectivity index (χ4n) is 3.60. The molecule has 5 nitrogen and oxygen atoms in total. The number of guanidine groups is 1. The lowest BCUT2D eigenvalue weighted by Crippen LogP contribution is -2.45. The van der Waals surface area contributed by atoms with Gasteiger partial charge in [-0.05, 0) is 44.3 Å². The van der Waals surface area contributed by atoms with Crippen molar-refractivity contribution in [1.82, 2.24) is 16.0 Å². The highest BCUT2D eigenvalue weighted by molar-refractivity contribution is 7.99. The average molecular weight is 341 g/mol. The van der Waals surface area contributed by atoms with Gasteiger partial charge in [-0.25, -0.2) is 0 Å². The molecule has 0 aromatic heterocycles. The molecule has 0 aromatic rings. The van der Waals surface area contributed by atoms with Gasteiger partial charge < -0.3 is 16.0 Å². The highest BCUT2D eigenvalue weighted by Gasteiger charge is 2.24. The van der Waals surface area contributed by atoms with Gasteiger partial charge in [-0.1, -0.05) is 12.8 Å². The van der Waals surface area contributed by atoms with Crippen LogP contribution >= 0.6 is 11.8 Å². The maximum Gasteiger partial charge on any atom is 0.220 e. The second-order valence-corrected chi connectivity index (χ2v) is 7.85. The molecule has 6 heteroatoms. The van der Waals surface area contributed by atoms with E-state index in [1.165, 1.54) is 44.9 Å². The lowest BCUT2D eigenvalue weighted by molar-refractivity contribution is -0.121. The zero-order valence-corrected chi connectivity index (χ0v) is 15.4. The Bertz CT molecular complexity index is 396. The van der Waals surface area contributed by atoms with Gasteiger partial charge >= 0.3 is 0 Å². The van der Waals surface area contributed by atoms with Crippen LogP contribution in [0.4, 0.5) is 0 Å². The molecule has 2 aliphatic rings. The third-order valence-electron chi connectivity index (χ3n) is 4.97. The predicted molar refractivity (Wildman–Crippen MR) is 99.0 cm³/mol. The van der Waals surface area contributed by atoms with Crippen molar-refractivity contribution in [2.24, 2.45) is 10.9 Å². The van der Waals surface area contributed by atoms with Gasteiger partial charge in [0, 0.05) is 37.8 Å². The van der Waals surface area contributed by atoms with Gasteiger partial charge in [-0.3, -0.25) is 9.79 Å². The molecule has 0 spiro atoms. The Morgan fingerprint density at radius 2 is 1.87 bits per heavy atom. The maximum absolute atomic E-state index is 11.9. The molecule has 2 atom stereocenters. The first-order valence-electron chi connectivity index (χ1n) is 8.98. The van der Waals surface area contributed by atoms with Crippen molar-refractivity contribution in [2.75, 3.05) is 26.4 Å². The van der Waals surface area contributed by atoms with Crippen molar-refractivity contribution in [2.45, 2.75) is 62.7 Å². The minimum absolute atomic E-state index is 0.195. The Morgan fingerprint density at radius 1 is 1.13 bits per heavy atom. The summed E-state index contributed by atoms with van der Waals surface area (Å²) in [5.41, 5.74) is 0. The lowest BCUT2D eigenvalue weighted by Gasteiger charge is -2.17. The maximum atomic E-state index is 11.9. The number of hydrogen-bond donors (Lipinski definition) is 3. The van der Waals surface area contributed by atoms with Crippen molar-refractivity contribution >= 4 is 23.6 Å². The van der Waals surface area contributed by atoms with Crippen molar-refractivity contribution in [3.05, 3.63) is 0 Å². The average Bonchev–Trinajstić information content (AvgIpc) is 3.21. The number of aliphatic imine (C=N–C) groups is 1. The number of thioether (sulfide) groups is 1. The van der Waals surface area contributed by atoms with Crippen molar-refractivity contribution in [3.8, 4) is 0 Å². The smallest absolute Gasteiger partial charge is 0.220 e. The molecule has 132 valence electrons. The summed E-state index contributed by atoms with van der Waals surface area (Å²) >= 11 is 1.96. The van der Waals surface area contributed by atoms with Crippen LogP contribution in [-0.2, 0) is 4.79 Å². The Morgan fingerprint density at radius 3 is 2.52 bits per heavy atom. The third-order valence-corrected chi connectivity index (χ3v) is 6.07. The van der Waals surface area contributed by atoms with E-state index in [1.54, 1.807) is 7.05 Å². The van der Waals surface area contributed by atoms with Crippen LogP contribution in [0.3, 0.4) is 0 Å². The Hall–Kier alpha value is -0.910. The summed E-state index contributed by atoms with van der Waals surface area (Å²) < 4.78 is 0. The molecule has 0 bridgehead atoms. The van der Waals surface area contributed by atoms with Crippen molar-refractivity contribution in [1.29, 1.82) is 0 Å². The second kappa shape index (κ2) is 10.1. The van der Waals surface area contributed by atoms with Crippen LogP contribution in [0.2, 0.25) is 0 Å². The molecule has 2 fully saturated rings. The minimum Gasteiger partial charge on any atom is -0.355 e. The van der Waals surface area contributed by atoms with Gasteiger partial charge in [0.15, 0.2) is 5.96 Å². The molecule has 2 rings (SSSR count). The van der Waals surface area contributed by atoms with Crippen molar-refractivity contribution in [3.63, 3.8) is 0 Å². The van der Waals surface area contributed by atoms with E-state index in [1.807, 2.05) is 11.8 Å². The summed E-state index contributed by atoms with van der Waals surface area (Å²) in [4.78, 5) is 16.2. The van der Waals surface area contributed by atoms with E-state index in [4.69, 9.17) is 0 Å². The molecule has 2 aliphatic carbocycles. The molecule has 3 N–H and O–H groups in total. The molecular weight excluding hydrogens is 308 g/mol. The van der Waals surface area contributed by atoms with Crippen LogP contribution < -0.4 is 16.0 Å². The van der Waals surface area contributed by atoms with Crippen LogP contribution in [0.5, 0.6) is 0 Å². The zero-order chi connectivity index (χ0) is 16.5. The number of amides is 1. The SMILES string of the molecule is CN=C(NCCNC(=O)CC1CCCC1)NC1CCC(SC)C1. The van der Waals surface area contributed by atoms with Gasteiger partial charge in [0.2, 0.25) is 5.91 Å². The van der Waals surface area contributed by atoms with E-state index in [0.717, 1.165) is 17.8 Å². The predicted octanol–water partition coefficient (Wildman–Crippen LogP) is 2.13. The van der Waals surface area contributed by atoms with E-state index in [0.29, 0.717) is 24.9 Å². The standard InChI is InChI=1S/C17H32N4OS/c1-18-17(21-14-7-8-15(12-14)23-2)20-10-9-19-16(22)11-13-5-3-4-6-13/h13-15H,3-12H2,1-2H3,(H,19,22)(H2,18,20,21). The first-order chi connectivity index (χ1) is 11.2. The number of hydrogen-bond acceptors (Lipinski definition) is 3. The van der Waals surface area contributed by atoms with Crippen LogP contribution in [0.25, 0.3) is 0 Å². The Kier molecular flexibility index (Phi) is 8.06. The second-order valence-electron chi connectivity index (χ2n) is 6.72. The Balaban J connectivity index is 1.56. The van der Waals surface area contributed by atoms with Crippen molar-refractivity contribution < 1.29 is 4.79 Å². The minimum atomic E-state index is 0.195. The quantitative estimate of drug-likeness (QED) is 0.377. The normalized spacial score (nSPS) is 25.6. The molecule has 0 saturated heterocycles. The number of rotatable bonds is 7. The summed E-state index contributed by atoms with van der Waals surface area (Å²) in [6, 6.07) is 0.524. The number of nitrogens with one attached hydrogen (secondary N) is 3. The molecule has 0 aliphatic heterocycles. The van der Waals surface area contributed by atoms with Gasteiger partial charge in [-0.15, -0.1) is 0 Å². The summed E-state index contributed by atoms with van der Waals surface area (Å²) in [7, 11) is 1.80.